The molecular formula is C15H12ClFN2. The van der Waals surface area contributed by atoms with Gasteiger partial charge in [-0.2, -0.15) is 0 Å². The van der Waals surface area contributed by atoms with Crippen LogP contribution in [0.5, 0.6) is 0 Å². The summed E-state index contributed by atoms with van der Waals surface area (Å²) >= 11 is 5.94. The van der Waals surface area contributed by atoms with Crippen molar-refractivity contribution in [1.82, 2.24) is 4.98 Å². The molecule has 2 nitrogen and oxygen atoms in total. The number of hydrogen-bond acceptors (Lipinski definition) is 1. The molecule has 0 fully saturated rings. The quantitative estimate of drug-likeness (QED) is 0.719. The van der Waals surface area contributed by atoms with Crippen LogP contribution in [0.25, 0.3) is 10.9 Å². The second kappa shape index (κ2) is 4.94. The Morgan fingerprint density at radius 3 is 2.68 bits per heavy atom. The number of aromatic amines is 1. The summed E-state index contributed by atoms with van der Waals surface area (Å²) in [5.74, 6) is -0.229. The van der Waals surface area contributed by atoms with Crippen molar-refractivity contribution in [2.75, 3.05) is 5.32 Å². The summed E-state index contributed by atoms with van der Waals surface area (Å²) in [6.07, 6.45) is 1.96. The molecule has 1 aromatic heterocycles. The minimum absolute atomic E-state index is 0.229. The molecule has 19 heavy (non-hydrogen) atoms. The fourth-order valence-corrected chi connectivity index (χ4v) is 2.24. The fourth-order valence-electron chi connectivity index (χ4n) is 2.07. The molecule has 3 aromatic rings. The van der Waals surface area contributed by atoms with E-state index < -0.39 is 0 Å². The van der Waals surface area contributed by atoms with Crippen molar-refractivity contribution in [2.24, 2.45) is 0 Å². The highest BCUT2D eigenvalue weighted by Crippen LogP contribution is 2.22. The molecule has 3 rings (SSSR count). The highest BCUT2D eigenvalue weighted by molar-refractivity contribution is 6.31. The smallest absolute Gasteiger partial charge is 0.123 e. The number of aromatic nitrogens is 1. The van der Waals surface area contributed by atoms with Crippen LogP contribution in [-0.4, -0.2) is 4.98 Å². The summed E-state index contributed by atoms with van der Waals surface area (Å²) < 4.78 is 12.8. The van der Waals surface area contributed by atoms with Crippen LogP contribution in [0, 0.1) is 5.82 Å². The third kappa shape index (κ3) is 2.56. The van der Waals surface area contributed by atoms with E-state index in [9.17, 15) is 4.39 Å². The average Bonchev–Trinajstić information content (AvgIpc) is 2.80. The van der Waals surface area contributed by atoms with E-state index in [1.54, 1.807) is 12.1 Å². The minimum atomic E-state index is -0.229. The third-order valence-corrected chi connectivity index (χ3v) is 3.29. The first-order valence-electron chi connectivity index (χ1n) is 5.97. The van der Waals surface area contributed by atoms with Crippen LogP contribution in [0.2, 0.25) is 5.02 Å². The van der Waals surface area contributed by atoms with Crippen LogP contribution in [0.15, 0.2) is 48.7 Å². The molecule has 0 saturated heterocycles. The van der Waals surface area contributed by atoms with E-state index >= 15 is 0 Å². The summed E-state index contributed by atoms with van der Waals surface area (Å²) in [5.41, 5.74) is 3.06. The number of nitrogens with one attached hydrogen (secondary N) is 2. The SMILES string of the molecule is Fc1ccc(NCc2c[nH]c3cc(Cl)ccc23)cc1. The zero-order chi connectivity index (χ0) is 13.2. The number of anilines is 1. The topological polar surface area (TPSA) is 27.8 Å². The molecule has 4 heteroatoms. The van der Waals surface area contributed by atoms with Gasteiger partial charge in [0, 0.05) is 34.4 Å². The number of halogens is 2. The molecule has 0 unspecified atom stereocenters. The Kier molecular flexibility index (Phi) is 3.13. The molecule has 0 amide bonds. The van der Waals surface area contributed by atoms with Gasteiger partial charge in [0.1, 0.15) is 5.82 Å². The van der Waals surface area contributed by atoms with Gasteiger partial charge in [0.15, 0.2) is 0 Å². The zero-order valence-corrected chi connectivity index (χ0v) is 10.8. The van der Waals surface area contributed by atoms with E-state index in [1.807, 2.05) is 24.4 Å². The van der Waals surface area contributed by atoms with Crippen LogP contribution >= 0.6 is 11.6 Å². The first kappa shape index (κ1) is 12.1. The third-order valence-electron chi connectivity index (χ3n) is 3.06. The van der Waals surface area contributed by atoms with Gasteiger partial charge >= 0.3 is 0 Å². The van der Waals surface area contributed by atoms with Gasteiger partial charge in [-0.05, 0) is 42.0 Å². The van der Waals surface area contributed by atoms with E-state index in [2.05, 4.69) is 10.3 Å². The lowest BCUT2D eigenvalue weighted by molar-refractivity contribution is 0.628. The van der Waals surface area contributed by atoms with E-state index in [0.29, 0.717) is 11.6 Å². The normalized spacial score (nSPS) is 10.8. The highest BCUT2D eigenvalue weighted by Gasteiger charge is 2.04. The maximum absolute atomic E-state index is 12.8. The second-order valence-electron chi connectivity index (χ2n) is 4.36. The number of H-pyrrole nitrogens is 1. The molecule has 2 aromatic carbocycles. The molecule has 1 heterocycles. The Morgan fingerprint density at radius 1 is 1.11 bits per heavy atom. The van der Waals surface area contributed by atoms with Crippen molar-refractivity contribution in [2.45, 2.75) is 6.54 Å². The zero-order valence-electron chi connectivity index (χ0n) is 10.1. The van der Waals surface area contributed by atoms with E-state index in [1.165, 1.54) is 12.1 Å². The standard InChI is InChI=1S/C15H12ClFN2/c16-11-1-6-14-10(9-19-15(14)7-11)8-18-13-4-2-12(17)3-5-13/h1-7,9,18-19H,8H2. The Labute approximate surface area is 115 Å². The molecule has 0 aliphatic carbocycles. The van der Waals surface area contributed by atoms with E-state index in [-0.39, 0.29) is 5.82 Å². The van der Waals surface area contributed by atoms with Crippen LogP contribution in [0.4, 0.5) is 10.1 Å². The molecule has 0 aliphatic rings. The Hall–Kier alpha value is -2.00. The van der Waals surface area contributed by atoms with E-state index in [0.717, 1.165) is 22.2 Å². The van der Waals surface area contributed by atoms with Crippen molar-refractivity contribution in [3.63, 3.8) is 0 Å². The number of fused-ring (bicyclic) bond motifs is 1. The molecular weight excluding hydrogens is 263 g/mol. The summed E-state index contributed by atoms with van der Waals surface area (Å²) in [6, 6.07) is 12.1. The molecule has 0 saturated carbocycles. The lowest BCUT2D eigenvalue weighted by Crippen LogP contribution is -1.98. The van der Waals surface area contributed by atoms with Crippen molar-refractivity contribution in [3.05, 3.63) is 65.1 Å². The lowest BCUT2D eigenvalue weighted by Gasteiger charge is -2.05. The number of rotatable bonds is 3. The van der Waals surface area contributed by atoms with Gasteiger partial charge in [-0.25, -0.2) is 4.39 Å². The molecule has 96 valence electrons. The molecule has 0 radical (unpaired) electrons. The van der Waals surface area contributed by atoms with Crippen LogP contribution in [0.1, 0.15) is 5.56 Å². The van der Waals surface area contributed by atoms with Crippen molar-refractivity contribution in [3.8, 4) is 0 Å². The number of hydrogen-bond donors (Lipinski definition) is 2. The highest BCUT2D eigenvalue weighted by atomic mass is 35.5. The lowest BCUT2D eigenvalue weighted by atomic mass is 10.1. The van der Waals surface area contributed by atoms with Crippen molar-refractivity contribution in [1.29, 1.82) is 0 Å². The van der Waals surface area contributed by atoms with E-state index in [4.69, 9.17) is 11.6 Å². The number of benzene rings is 2. The van der Waals surface area contributed by atoms with Crippen LogP contribution < -0.4 is 5.32 Å². The first-order chi connectivity index (χ1) is 9.22. The van der Waals surface area contributed by atoms with Gasteiger partial charge in [-0.1, -0.05) is 17.7 Å². The van der Waals surface area contributed by atoms with Crippen molar-refractivity contribution < 1.29 is 4.39 Å². The average molecular weight is 275 g/mol. The predicted molar refractivity (Wildman–Crippen MR) is 77.0 cm³/mol. The van der Waals surface area contributed by atoms with Gasteiger partial charge < -0.3 is 10.3 Å². The minimum Gasteiger partial charge on any atom is -0.381 e. The summed E-state index contributed by atoms with van der Waals surface area (Å²) in [5, 5.41) is 5.11. The Balaban J connectivity index is 1.80. The van der Waals surface area contributed by atoms with Crippen molar-refractivity contribution >= 4 is 28.2 Å². The Morgan fingerprint density at radius 2 is 1.89 bits per heavy atom. The molecule has 0 bridgehead atoms. The summed E-state index contributed by atoms with van der Waals surface area (Å²) in [4.78, 5) is 3.19. The van der Waals surface area contributed by atoms with Gasteiger partial charge in [-0.15, -0.1) is 0 Å². The molecule has 0 atom stereocenters. The maximum Gasteiger partial charge on any atom is 0.123 e. The maximum atomic E-state index is 12.8. The second-order valence-corrected chi connectivity index (χ2v) is 4.80. The largest absolute Gasteiger partial charge is 0.381 e. The van der Waals surface area contributed by atoms with Crippen LogP contribution in [-0.2, 0) is 6.54 Å². The fraction of sp³-hybridized carbons (Fsp3) is 0.0667. The molecule has 0 spiro atoms. The van der Waals surface area contributed by atoms with Gasteiger partial charge in [0.2, 0.25) is 0 Å². The summed E-state index contributed by atoms with van der Waals surface area (Å²) in [7, 11) is 0. The monoisotopic (exact) mass is 274 g/mol. The molecule has 2 N–H and O–H groups in total. The molecule has 0 aliphatic heterocycles. The van der Waals surface area contributed by atoms with Gasteiger partial charge in [-0.3, -0.25) is 0 Å². The van der Waals surface area contributed by atoms with Gasteiger partial charge in [0.25, 0.3) is 0 Å². The van der Waals surface area contributed by atoms with Gasteiger partial charge in [0.05, 0.1) is 0 Å². The Bertz CT molecular complexity index is 704. The summed E-state index contributed by atoms with van der Waals surface area (Å²) in [6.45, 7) is 0.674. The first-order valence-corrected chi connectivity index (χ1v) is 6.35. The predicted octanol–water partition coefficient (Wildman–Crippen LogP) is 4.57. The van der Waals surface area contributed by atoms with Crippen LogP contribution in [0.3, 0.4) is 0 Å².